The number of aromatic amines is 1. The van der Waals surface area contributed by atoms with Crippen LogP contribution in [0.2, 0.25) is 0 Å². The third-order valence-electron chi connectivity index (χ3n) is 6.43. The summed E-state index contributed by atoms with van der Waals surface area (Å²) in [4.78, 5) is 24.9. The van der Waals surface area contributed by atoms with Crippen LogP contribution >= 0.6 is 0 Å². The highest BCUT2D eigenvalue weighted by Gasteiger charge is 2.37. The lowest BCUT2D eigenvalue weighted by Gasteiger charge is -2.38. The van der Waals surface area contributed by atoms with Crippen LogP contribution in [0.1, 0.15) is 31.2 Å². The van der Waals surface area contributed by atoms with Crippen molar-refractivity contribution in [1.82, 2.24) is 15.0 Å². The summed E-state index contributed by atoms with van der Waals surface area (Å²) in [5.74, 6) is 0.280. The van der Waals surface area contributed by atoms with Gasteiger partial charge in [-0.05, 0) is 56.0 Å². The summed E-state index contributed by atoms with van der Waals surface area (Å²) in [6, 6.07) is 7.18. The number of anilines is 1. The number of piperidine rings is 1. The summed E-state index contributed by atoms with van der Waals surface area (Å²) in [7, 11) is 0. The van der Waals surface area contributed by atoms with Crippen molar-refractivity contribution in [3.63, 3.8) is 0 Å². The molecule has 1 aromatic carbocycles. The number of ether oxygens (including phenoxy) is 1. The van der Waals surface area contributed by atoms with Crippen molar-refractivity contribution < 1.29 is 27.8 Å². The normalized spacial score (nSPS) is 21.8. The highest BCUT2D eigenvalue weighted by Crippen LogP contribution is 2.34. The van der Waals surface area contributed by atoms with Crippen LogP contribution in [0.3, 0.4) is 0 Å². The van der Waals surface area contributed by atoms with Crippen LogP contribution in [0, 0.1) is 5.92 Å². The summed E-state index contributed by atoms with van der Waals surface area (Å²) in [6.45, 7) is 1.58. The number of nitrogens with one attached hydrogen (secondary N) is 1. The van der Waals surface area contributed by atoms with Crippen molar-refractivity contribution in [3.05, 3.63) is 42.1 Å². The van der Waals surface area contributed by atoms with E-state index in [0.29, 0.717) is 35.3 Å². The molecule has 2 aromatic heterocycles. The first-order chi connectivity index (χ1) is 15.8. The van der Waals surface area contributed by atoms with Gasteiger partial charge in [-0.25, -0.2) is 9.97 Å². The Morgan fingerprint density at radius 3 is 2.52 bits per heavy atom. The second-order valence-electron chi connectivity index (χ2n) is 8.67. The SMILES string of the molecule is O=C(O)[C@H]1C[C@@H](OC2CCN(c3ccc(-c4nc5ccc(C(F)(F)F)cc5[nH]4)cn3)CC2)C1. The lowest BCUT2D eigenvalue weighted by atomic mass is 9.82. The van der Waals surface area contributed by atoms with E-state index in [0.717, 1.165) is 43.9 Å². The predicted molar refractivity (Wildman–Crippen MR) is 115 cm³/mol. The number of carboxylic acid groups (broad SMARTS) is 1. The molecule has 174 valence electrons. The lowest BCUT2D eigenvalue weighted by molar-refractivity contribution is -0.154. The van der Waals surface area contributed by atoms with E-state index in [1.165, 1.54) is 6.07 Å². The molecule has 0 bridgehead atoms. The minimum atomic E-state index is -4.40. The van der Waals surface area contributed by atoms with Crippen molar-refractivity contribution in [3.8, 4) is 11.4 Å². The zero-order valence-electron chi connectivity index (χ0n) is 17.7. The molecule has 3 heterocycles. The number of benzene rings is 1. The van der Waals surface area contributed by atoms with Crippen LogP contribution in [-0.4, -0.2) is 51.3 Å². The number of hydrogen-bond donors (Lipinski definition) is 2. The number of pyridine rings is 1. The molecule has 1 saturated heterocycles. The molecule has 2 N–H and O–H groups in total. The third kappa shape index (κ3) is 4.52. The van der Waals surface area contributed by atoms with Gasteiger partial charge in [0, 0.05) is 24.8 Å². The number of H-pyrrole nitrogens is 1. The van der Waals surface area contributed by atoms with Gasteiger partial charge >= 0.3 is 12.1 Å². The first-order valence-electron chi connectivity index (χ1n) is 10.9. The van der Waals surface area contributed by atoms with Crippen molar-refractivity contribution in [2.24, 2.45) is 5.92 Å². The second-order valence-corrected chi connectivity index (χ2v) is 8.67. The number of carbonyl (C=O) groups is 1. The van der Waals surface area contributed by atoms with Crippen LogP contribution in [0.15, 0.2) is 36.5 Å². The fourth-order valence-corrected chi connectivity index (χ4v) is 4.41. The van der Waals surface area contributed by atoms with Crippen LogP contribution < -0.4 is 4.90 Å². The number of nitrogens with zero attached hydrogens (tertiary/aromatic N) is 3. The molecule has 0 spiro atoms. The molecule has 10 heteroatoms. The standard InChI is InChI=1S/C23H23F3N4O3/c24-23(25,26)15-2-3-18-19(11-15)29-21(28-18)13-1-4-20(27-12-13)30-7-5-16(6-8-30)33-17-9-14(10-17)22(31)32/h1-4,11-12,14,16-17H,5-10H2,(H,28,29)(H,31,32)/t14-,17+. The molecule has 0 amide bonds. The van der Waals surface area contributed by atoms with Crippen LogP contribution in [0.5, 0.6) is 0 Å². The molecule has 0 radical (unpaired) electrons. The summed E-state index contributed by atoms with van der Waals surface area (Å²) in [5, 5.41) is 8.97. The molecule has 1 saturated carbocycles. The van der Waals surface area contributed by atoms with Crippen LogP contribution in [-0.2, 0) is 15.7 Å². The molecule has 33 heavy (non-hydrogen) atoms. The number of aromatic nitrogens is 3. The summed E-state index contributed by atoms with van der Waals surface area (Å²) in [6.07, 6.45) is 0.343. The smallest absolute Gasteiger partial charge is 0.416 e. The van der Waals surface area contributed by atoms with E-state index >= 15 is 0 Å². The Bertz CT molecular complexity index is 1150. The van der Waals surface area contributed by atoms with E-state index in [-0.39, 0.29) is 18.1 Å². The van der Waals surface area contributed by atoms with Crippen LogP contribution in [0.25, 0.3) is 22.4 Å². The molecular weight excluding hydrogens is 437 g/mol. The molecule has 0 atom stereocenters. The minimum Gasteiger partial charge on any atom is -0.481 e. The topological polar surface area (TPSA) is 91.3 Å². The van der Waals surface area contributed by atoms with Gasteiger partial charge in [0.25, 0.3) is 0 Å². The molecular formula is C23H23F3N4O3. The molecule has 2 fully saturated rings. The Hall–Kier alpha value is -3.14. The summed E-state index contributed by atoms with van der Waals surface area (Å²) >= 11 is 0. The average Bonchev–Trinajstić information content (AvgIpc) is 3.19. The highest BCUT2D eigenvalue weighted by atomic mass is 19.4. The zero-order chi connectivity index (χ0) is 23.2. The van der Waals surface area contributed by atoms with E-state index in [1.54, 1.807) is 6.20 Å². The molecule has 0 unspecified atom stereocenters. The molecule has 3 aromatic rings. The Morgan fingerprint density at radius 2 is 1.88 bits per heavy atom. The van der Waals surface area contributed by atoms with Crippen molar-refractivity contribution in [2.45, 2.75) is 44.1 Å². The Labute approximate surface area is 187 Å². The first-order valence-corrected chi connectivity index (χ1v) is 10.9. The van der Waals surface area contributed by atoms with E-state index in [1.807, 2.05) is 12.1 Å². The monoisotopic (exact) mass is 460 g/mol. The van der Waals surface area contributed by atoms with Gasteiger partial charge in [0.15, 0.2) is 0 Å². The largest absolute Gasteiger partial charge is 0.481 e. The number of aliphatic carboxylic acids is 1. The zero-order valence-corrected chi connectivity index (χ0v) is 17.7. The average molecular weight is 460 g/mol. The van der Waals surface area contributed by atoms with Gasteiger partial charge < -0.3 is 19.7 Å². The van der Waals surface area contributed by atoms with Gasteiger partial charge in [-0.2, -0.15) is 13.2 Å². The van der Waals surface area contributed by atoms with E-state index in [9.17, 15) is 18.0 Å². The maximum absolute atomic E-state index is 12.9. The second kappa shape index (κ2) is 8.33. The van der Waals surface area contributed by atoms with E-state index in [2.05, 4.69) is 19.9 Å². The fourth-order valence-electron chi connectivity index (χ4n) is 4.41. The van der Waals surface area contributed by atoms with Gasteiger partial charge in [0.1, 0.15) is 11.6 Å². The third-order valence-corrected chi connectivity index (χ3v) is 6.43. The van der Waals surface area contributed by atoms with Crippen LogP contribution in [0.4, 0.5) is 19.0 Å². The minimum absolute atomic E-state index is 0.0519. The first kappa shape index (κ1) is 21.7. The van der Waals surface area contributed by atoms with Gasteiger partial charge in [-0.1, -0.05) is 0 Å². The highest BCUT2D eigenvalue weighted by molar-refractivity contribution is 5.80. The number of halogens is 3. The fraction of sp³-hybridized carbons (Fsp3) is 0.435. The number of imidazole rings is 1. The van der Waals surface area contributed by atoms with Crippen molar-refractivity contribution in [2.75, 3.05) is 18.0 Å². The molecule has 1 aliphatic carbocycles. The van der Waals surface area contributed by atoms with Gasteiger partial charge in [-0.15, -0.1) is 0 Å². The van der Waals surface area contributed by atoms with Crippen molar-refractivity contribution >= 4 is 22.8 Å². The number of alkyl halides is 3. The van der Waals surface area contributed by atoms with Gasteiger partial charge in [0.05, 0.1) is 34.7 Å². The van der Waals surface area contributed by atoms with Gasteiger partial charge in [-0.3, -0.25) is 4.79 Å². The molecule has 1 aliphatic heterocycles. The quantitative estimate of drug-likeness (QED) is 0.583. The Kier molecular flexibility index (Phi) is 5.48. The lowest BCUT2D eigenvalue weighted by Crippen LogP contribution is -2.43. The number of carboxylic acids is 1. The predicted octanol–water partition coefficient (Wildman–Crippen LogP) is 4.49. The van der Waals surface area contributed by atoms with E-state index < -0.39 is 17.7 Å². The Balaban J connectivity index is 1.19. The molecule has 5 rings (SSSR count). The number of rotatable bonds is 5. The molecule has 7 nitrogen and oxygen atoms in total. The van der Waals surface area contributed by atoms with Crippen molar-refractivity contribution in [1.29, 1.82) is 0 Å². The summed E-state index contributed by atoms with van der Waals surface area (Å²) in [5.41, 5.74) is 0.766. The summed E-state index contributed by atoms with van der Waals surface area (Å²) < 4.78 is 44.9. The number of hydrogen-bond acceptors (Lipinski definition) is 5. The Morgan fingerprint density at radius 1 is 1.12 bits per heavy atom. The van der Waals surface area contributed by atoms with Gasteiger partial charge in [0.2, 0.25) is 0 Å². The maximum atomic E-state index is 12.9. The maximum Gasteiger partial charge on any atom is 0.416 e. The molecule has 2 aliphatic rings. The van der Waals surface area contributed by atoms with E-state index in [4.69, 9.17) is 9.84 Å². The number of fused-ring (bicyclic) bond motifs is 1.